The number of hydrogen-bond donors (Lipinski definition) is 1. The minimum atomic E-state index is 0.165. The molecule has 0 saturated heterocycles. The van der Waals surface area contributed by atoms with Crippen LogP contribution in [-0.2, 0) is 0 Å². The van der Waals surface area contributed by atoms with Crippen molar-refractivity contribution in [2.75, 3.05) is 11.9 Å². The quantitative estimate of drug-likeness (QED) is 0.673. The SMILES string of the molecule is CN(c1ccc(S)cc1)C(C)(C)C. The van der Waals surface area contributed by atoms with Crippen molar-refractivity contribution >= 4 is 18.3 Å². The molecule has 0 atom stereocenters. The second-order valence-electron chi connectivity index (χ2n) is 4.25. The van der Waals surface area contributed by atoms with E-state index < -0.39 is 0 Å². The van der Waals surface area contributed by atoms with E-state index in [9.17, 15) is 0 Å². The smallest absolute Gasteiger partial charge is 0.0368 e. The van der Waals surface area contributed by atoms with E-state index in [0.29, 0.717) is 0 Å². The van der Waals surface area contributed by atoms with E-state index in [4.69, 9.17) is 0 Å². The Hall–Kier alpha value is -0.630. The van der Waals surface area contributed by atoms with Crippen molar-refractivity contribution in [2.24, 2.45) is 0 Å². The first-order chi connectivity index (χ1) is 5.91. The summed E-state index contributed by atoms with van der Waals surface area (Å²) in [6, 6.07) is 8.21. The van der Waals surface area contributed by atoms with E-state index in [-0.39, 0.29) is 5.54 Å². The van der Waals surface area contributed by atoms with Gasteiger partial charge in [0.15, 0.2) is 0 Å². The maximum absolute atomic E-state index is 4.25. The van der Waals surface area contributed by atoms with Gasteiger partial charge in [-0.15, -0.1) is 12.6 Å². The third kappa shape index (κ3) is 2.66. The molecule has 0 aromatic heterocycles. The van der Waals surface area contributed by atoms with Gasteiger partial charge in [0.25, 0.3) is 0 Å². The second kappa shape index (κ2) is 3.62. The molecule has 1 nitrogen and oxygen atoms in total. The van der Waals surface area contributed by atoms with Crippen LogP contribution in [0.1, 0.15) is 20.8 Å². The summed E-state index contributed by atoms with van der Waals surface area (Å²) in [4.78, 5) is 3.26. The molecule has 72 valence electrons. The van der Waals surface area contributed by atoms with Gasteiger partial charge in [0.05, 0.1) is 0 Å². The molecule has 2 heteroatoms. The van der Waals surface area contributed by atoms with Crippen molar-refractivity contribution < 1.29 is 0 Å². The molecule has 0 radical (unpaired) electrons. The maximum Gasteiger partial charge on any atom is 0.0368 e. The van der Waals surface area contributed by atoms with Crippen LogP contribution in [0.4, 0.5) is 5.69 Å². The molecule has 0 heterocycles. The molecule has 13 heavy (non-hydrogen) atoms. The molecule has 0 saturated carbocycles. The summed E-state index contributed by atoms with van der Waals surface area (Å²) in [5.74, 6) is 0. The monoisotopic (exact) mass is 195 g/mol. The van der Waals surface area contributed by atoms with Crippen LogP contribution >= 0.6 is 12.6 Å². The largest absolute Gasteiger partial charge is 0.370 e. The van der Waals surface area contributed by atoms with E-state index in [1.807, 2.05) is 12.1 Å². The average molecular weight is 195 g/mol. The zero-order chi connectivity index (χ0) is 10.1. The summed E-state index contributed by atoms with van der Waals surface area (Å²) < 4.78 is 0. The summed E-state index contributed by atoms with van der Waals surface area (Å²) in [6.45, 7) is 6.59. The van der Waals surface area contributed by atoms with Gasteiger partial charge in [0, 0.05) is 23.2 Å². The van der Waals surface area contributed by atoms with Gasteiger partial charge in [0.2, 0.25) is 0 Å². The third-order valence-corrected chi connectivity index (χ3v) is 2.54. The van der Waals surface area contributed by atoms with Crippen molar-refractivity contribution in [3.05, 3.63) is 24.3 Å². The van der Waals surface area contributed by atoms with Gasteiger partial charge in [-0.05, 0) is 45.0 Å². The molecule has 0 spiro atoms. The second-order valence-corrected chi connectivity index (χ2v) is 4.76. The summed E-state index contributed by atoms with van der Waals surface area (Å²) in [6.07, 6.45) is 0. The molecule has 0 unspecified atom stereocenters. The van der Waals surface area contributed by atoms with Gasteiger partial charge < -0.3 is 4.90 Å². The Kier molecular flexibility index (Phi) is 2.91. The van der Waals surface area contributed by atoms with Crippen LogP contribution in [-0.4, -0.2) is 12.6 Å². The Morgan fingerprint density at radius 2 is 1.54 bits per heavy atom. The molecular formula is C11H17NS. The summed E-state index contributed by atoms with van der Waals surface area (Å²) in [5, 5.41) is 0. The summed E-state index contributed by atoms with van der Waals surface area (Å²) >= 11 is 4.25. The lowest BCUT2D eigenvalue weighted by atomic mass is 10.1. The molecule has 0 N–H and O–H groups in total. The van der Waals surface area contributed by atoms with Crippen LogP contribution in [0, 0.1) is 0 Å². The lowest BCUT2D eigenvalue weighted by Gasteiger charge is -2.34. The van der Waals surface area contributed by atoms with Crippen LogP contribution < -0.4 is 4.90 Å². The highest BCUT2D eigenvalue weighted by Gasteiger charge is 2.16. The molecule has 0 aliphatic heterocycles. The minimum absolute atomic E-state index is 0.165. The van der Waals surface area contributed by atoms with Crippen molar-refractivity contribution in [1.29, 1.82) is 0 Å². The first kappa shape index (κ1) is 10.5. The third-order valence-electron chi connectivity index (χ3n) is 2.24. The van der Waals surface area contributed by atoms with Gasteiger partial charge in [0.1, 0.15) is 0 Å². The van der Waals surface area contributed by atoms with E-state index >= 15 is 0 Å². The minimum Gasteiger partial charge on any atom is -0.370 e. The first-order valence-electron chi connectivity index (χ1n) is 4.44. The number of nitrogens with zero attached hydrogens (tertiary/aromatic N) is 1. The van der Waals surface area contributed by atoms with E-state index in [2.05, 4.69) is 57.5 Å². The molecule has 0 fully saturated rings. The normalized spacial score (nSPS) is 11.5. The standard InChI is InChI=1S/C11H17NS/c1-11(2,3)12(4)9-5-7-10(13)8-6-9/h5-8,13H,1-4H3. The Bertz CT molecular complexity index is 271. The summed E-state index contributed by atoms with van der Waals surface area (Å²) in [7, 11) is 2.10. The van der Waals surface area contributed by atoms with Crippen LogP contribution in [0.3, 0.4) is 0 Å². The molecule has 1 aromatic carbocycles. The molecular weight excluding hydrogens is 178 g/mol. The van der Waals surface area contributed by atoms with Crippen LogP contribution in [0.15, 0.2) is 29.2 Å². The maximum atomic E-state index is 4.25. The van der Waals surface area contributed by atoms with Crippen LogP contribution in [0.2, 0.25) is 0 Å². The van der Waals surface area contributed by atoms with Crippen LogP contribution in [0.25, 0.3) is 0 Å². The Balaban J connectivity index is 2.90. The molecule has 0 aliphatic rings. The highest BCUT2D eigenvalue weighted by atomic mass is 32.1. The Morgan fingerprint density at radius 3 is 1.92 bits per heavy atom. The van der Waals surface area contributed by atoms with E-state index in [1.54, 1.807) is 0 Å². The van der Waals surface area contributed by atoms with Crippen molar-refractivity contribution in [3.8, 4) is 0 Å². The fourth-order valence-corrected chi connectivity index (χ4v) is 1.21. The number of anilines is 1. The Labute approximate surface area is 86.2 Å². The lowest BCUT2D eigenvalue weighted by molar-refractivity contribution is 0.538. The van der Waals surface area contributed by atoms with Gasteiger partial charge in [-0.3, -0.25) is 0 Å². The fraction of sp³-hybridized carbons (Fsp3) is 0.455. The summed E-state index contributed by atoms with van der Waals surface area (Å²) in [5.41, 5.74) is 1.39. The van der Waals surface area contributed by atoms with E-state index in [1.165, 1.54) is 5.69 Å². The van der Waals surface area contributed by atoms with Gasteiger partial charge in [-0.25, -0.2) is 0 Å². The van der Waals surface area contributed by atoms with Crippen LogP contribution in [0.5, 0.6) is 0 Å². The number of thiol groups is 1. The number of rotatable bonds is 1. The molecule has 0 amide bonds. The molecule has 1 aromatic rings. The zero-order valence-corrected chi connectivity index (χ0v) is 9.60. The topological polar surface area (TPSA) is 3.24 Å². The number of benzene rings is 1. The van der Waals surface area contributed by atoms with Gasteiger partial charge in [-0.1, -0.05) is 0 Å². The predicted octanol–water partition coefficient (Wildman–Crippen LogP) is 3.21. The van der Waals surface area contributed by atoms with Gasteiger partial charge in [-0.2, -0.15) is 0 Å². The molecule has 0 bridgehead atoms. The Morgan fingerprint density at radius 1 is 1.08 bits per heavy atom. The number of hydrogen-bond acceptors (Lipinski definition) is 2. The highest BCUT2D eigenvalue weighted by Crippen LogP contribution is 2.22. The van der Waals surface area contributed by atoms with Crippen molar-refractivity contribution in [1.82, 2.24) is 0 Å². The first-order valence-corrected chi connectivity index (χ1v) is 4.89. The lowest BCUT2D eigenvalue weighted by Crippen LogP contribution is -2.37. The fourth-order valence-electron chi connectivity index (χ4n) is 1.06. The highest BCUT2D eigenvalue weighted by molar-refractivity contribution is 7.80. The van der Waals surface area contributed by atoms with Crippen molar-refractivity contribution in [2.45, 2.75) is 31.2 Å². The molecule has 0 aliphatic carbocycles. The van der Waals surface area contributed by atoms with Gasteiger partial charge >= 0.3 is 0 Å². The molecule has 1 rings (SSSR count). The zero-order valence-electron chi connectivity index (χ0n) is 8.70. The predicted molar refractivity (Wildman–Crippen MR) is 61.9 cm³/mol. The van der Waals surface area contributed by atoms with Crippen molar-refractivity contribution in [3.63, 3.8) is 0 Å². The van der Waals surface area contributed by atoms with E-state index in [0.717, 1.165) is 4.90 Å². The average Bonchev–Trinajstić information content (AvgIpc) is 2.03.